The lowest BCUT2D eigenvalue weighted by atomic mass is 10.2. The quantitative estimate of drug-likeness (QED) is 0.812. The predicted molar refractivity (Wildman–Crippen MR) is 76.9 cm³/mol. The molecule has 98 valence electrons. The van der Waals surface area contributed by atoms with E-state index in [0.717, 1.165) is 0 Å². The topological polar surface area (TPSA) is 94.0 Å². The van der Waals surface area contributed by atoms with E-state index in [1.807, 2.05) is 0 Å². The molecular weight excluding hydrogens is 287 g/mol. The first kappa shape index (κ1) is 13.5. The third kappa shape index (κ3) is 3.07. The molecule has 5 N–H and O–H groups in total. The van der Waals surface area contributed by atoms with E-state index in [1.54, 1.807) is 18.2 Å². The van der Waals surface area contributed by atoms with E-state index in [-0.39, 0.29) is 11.4 Å². The molecular formula is C12H10Cl2N4O. The van der Waals surface area contributed by atoms with Gasteiger partial charge in [-0.3, -0.25) is 4.79 Å². The summed E-state index contributed by atoms with van der Waals surface area (Å²) in [6.07, 6.45) is 1.43. The van der Waals surface area contributed by atoms with Gasteiger partial charge in [-0.1, -0.05) is 23.2 Å². The minimum Gasteiger partial charge on any atom is -0.384 e. The fourth-order valence-corrected chi connectivity index (χ4v) is 1.80. The highest BCUT2D eigenvalue weighted by Crippen LogP contribution is 2.28. The van der Waals surface area contributed by atoms with Crippen LogP contribution in [0.15, 0.2) is 30.5 Å². The molecule has 0 atom stereocenters. The second-order valence-electron chi connectivity index (χ2n) is 3.77. The molecule has 7 heteroatoms. The zero-order valence-corrected chi connectivity index (χ0v) is 11.2. The summed E-state index contributed by atoms with van der Waals surface area (Å²) in [5.74, 6) is -0.384. The van der Waals surface area contributed by atoms with Crippen molar-refractivity contribution in [3.05, 3.63) is 46.1 Å². The Balaban J connectivity index is 2.37. The first-order valence-corrected chi connectivity index (χ1v) is 6.00. The van der Waals surface area contributed by atoms with E-state index in [2.05, 4.69) is 10.3 Å². The van der Waals surface area contributed by atoms with Gasteiger partial charge in [-0.25, -0.2) is 4.98 Å². The fourth-order valence-electron chi connectivity index (χ4n) is 1.50. The van der Waals surface area contributed by atoms with Gasteiger partial charge in [0.05, 0.1) is 27.5 Å². The van der Waals surface area contributed by atoms with Crippen LogP contribution in [-0.4, -0.2) is 10.9 Å². The largest absolute Gasteiger partial charge is 0.384 e. The van der Waals surface area contributed by atoms with Crippen LogP contribution in [0.5, 0.6) is 0 Å². The van der Waals surface area contributed by atoms with Crippen LogP contribution in [0.25, 0.3) is 0 Å². The van der Waals surface area contributed by atoms with Crippen LogP contribution in [0.1, 0.15) is 10.4 Å². The first-order valence-electron chi connectivity index (χ1n) is 5.25. The van der Waals surface area contributed by atoms with Gasteiger partial charge in [0.15, 0.2) is 0 Å². The summed E-state index contributed by atoms with van der Waals surface area (Å²) in [5, 5.41) is 3.83. The molecule has 19 heavy (non-hydrogen) atoms. The van der Waals surface area contributed by atoms with Gasteiger partial charge in [0.1, 0.15) is 5.82 Å². The zero-order valence-electron chi connectivity index (χ0n) is 9.65. The number of carbonyl (C=O) groups is 1. The van der Waals surface area contributed by atoms with Gasteiger partial charge in [0, 0.05) is 5.69 Å². The molecule has 2 aromatic rings. The van der Waals surface area contributed by atoms with E-state index in [9.17, 15) is 4.79 Å². The van der Waals surface area contributed by atoms with Crippen molar-refractivity contribution in [2.75, 3.05) is 11.1 Å². The average molecular weight is 297 g/mol. The summed E-state index contributed by atoms with van der Waals surface area (Å²) < 4.78 is 0. The Morgan fingerprint density at radius 3 is 2.58 bits per heavy atom. The third-order valence-electron chi connectivity index (χ3n) is 2.39. The van der Waals surface area contributed by atoms with Crippen molar-refractivity contribution in [3.8, 4) is 0 Å². The van der Waals surface area contributed by atoms with Crippen LogP contribution in [0.4, 0.5) is 17.2 Å². The van der Waals surface area contributed by atoms with Gasteiger partial charge < -0.3 is 16.8 Å². The molecule has 1 aromatic carbocycles. The molecule has 0 unspecified atom stereocenters. The highest BCUT2D eigenvalue weighted by molar-refractivity contribution is 6.42. The molecule has 1 amide bonds. The molecule has 0 saturated heterocycles. The van der Waals surface area contributed by atoms with E-state index in [1.165, 1.54) is 12.3 Å². The molecule has 0 bridgehead atoms. The maximum absolute atomic E-state index is 11.3. The van der Waals surface area contributed by atoms with Gasteiger partial charge >= 0.3 is 0 Å². The van der Waals surface area contributed by atoms with Crippen molar-refractivity contribution in [2.45, 2.75) is 0 Å². The Morgan fingerprint density at radius 2 is 1.95 bits per heavy atom. The summed E-state index contributed by atoms with van der Waals surface area (Å²) in [5.41, 5.74) is 12.1. The number of rotatable bonds is 3. The number of amides is 1. The number of anilines is 3. The number of hydrogen-bond acceptors (Lipinski definition) is 4. The fraction of sp³-hybridized carbons (Fsp3) is 0. The Morgan fingerprint density at radius 1 is 1.21 bits per heavy atom. The van der Waals surface area contributed by atoms with Gasteiger partial charge in [0.2, 0.25) is 0 Å². The van der Waals surface area contributed by atoms with Crippen molar-refractivity contribution in [3.63, 3.8) is 0 Å². The van der Waals surface area contributed by atoms with Crippen molar-refractivity contribution in [2.24, 2.45) is 5.73 Å². The number of pyridine rings is 1. The molecule has 2 rings (SSSR count). The average Bonchev–Trinajstić information content (AvgIpc) is 2.36. The highest BCUT2D eigenvalue weighted by Gasteiger charge is 2.10. The molecule has 0 aliphatic heterocycles. The summed E-state index contributed by atoms with van der Waals surface area (Å²) in [6, 6.07) is 6.39. The molecule has 0 radical (unpaired) electrons. The normalized spacial score (nSPS) is 10.2. The van der Waals surface area contributed by atoms with Crippen molar-refractivity contribution >= 4 is 46.3 Å². The Kier molecular flexibility index (Phi) is 3.78. The molecule has 5 nitrogen and oxygen atoms in total. The number of carbonyl (C=O) groups excluding carboxylic acids is 1. The van der Waals surface area contributed by atoms with E-state index >= 15 is 0 Å². The van der Waals surface area contributed by atoms with Crippen LogP contribution in [0.3, 0.4) is 0 Å². The van der Waals surface area contributed by atoms with Crippen molar-refractivity contribution in [1.29, 1.82) is 0 Å². The second kappa shape index (κ2) is 5.34. The third-order valence-corrected chi connectivity index (χ3v) is 3.13. The summed E-state index contributed by atoms with van der Waals surface area (Å²) in [4.78, 5) is 15.2. The number of nitrogens with zero attached hydrogens (tertiary/aromatic N) is 1. The van der Waals surface area contributed by atoms with Gasteiger partial charge in [-0.15, -0.1) is 0 Å². The molecule has 0 fully saturated rings. The molecule has 1 aromatic heterocycles. The lowest BCUT2D eigenvalue weighted by molar-refractivity contribution is 0.100. The molecule has 0 saturated carbocycles. The standard InChI is InChI=1S/C12H10Cl2N4O/c13-8-2-1-6(3-9(8)14)18-10-5-17-11(15)4-7(10)12(16)19/h1-5,18H,(H2,15,17)(H2,16,19). The molecule has 0 aliphatic rings. The summed E-state index contributed by atoms with van der Waals surface area (Å²) >= 11 is 11.7. The number of nitrogens with two attached hydrogens (primary N) is 2. The highest BCUT2D eigenvalue weighted by atomic mass is 35.5. The number of halogens is 2. The maximum atomic E-state index is 11.3. The number of aromatic nitrogens is 1. The molecule has 1 heterocycles. The van der Waals surface area contributed by atoms with Gasteiger partial charge in [0.25, 0.3) is 5.91 Å². The SMILES string of the molecule is NC(=O)c1cc(N)ncc1Nc1ccc(Cl)c(Cl)c1. The van der Waals surface area contributed by atoms with Crippen LogP contribution in [-0.2, 0) is 0 Å². The minimum absolute atomic E-state index is 0.216. The monoisotopic (exact) mass is 296 g/mol. The Hall–Kier alpha value is -1.98. The minimum atomic E-state index is -0.600. The number of nitrogens with one attached hydrogen (secondary N) is 1. The predicted octanol–water partition coefficient (Wildman–Crippen LogP) is 2.81. The Bertz CT molecular complexity index is 646. The van der Waals surface area contributed by atoms with Crippen LogP contribution in [0, 0.1) is 0 Å². The van der Waals surface area contributed by atoms with Crippen molar-refractivity contribution in [1.82, 2.24) is 4.98 Å². The zero-order chi connectivity index (χ0) is 14.0. The maximum Gasteiger partial charge on any atom is 0.251 e. The lowest BCUT2D eigenvalue weighted by Gasteiger charge is -2.10. The van der Waals surface area contributed by atoms with Crippen LogP contribution in [0.2, 0.25) is 10.0 Å². The van der Waals surface area contributed by atoms with Gasteiger partial charge in [-0.05, 0) is 24.3 Å². The van der Waals surface area contributed by atoms with Crippen LogP contribution >= 0.6 is 23.2 Å². The lowest BCUT2D eigenvalue weighted by Crippen LogP contribution is -2.14. The van der Waals surface area contributed by atoms with E-state index in [0.29, 0.717) is 21.4 Å². The summed E-state index contributed by atoms with van der Waals surface area (Å²) in [6.45, 7) is 0. The van der Waals surface area contributed by atoms with Crippen molar-refractivity contribution < 1.29 is 4.79 Å². The number of primary amides is 1. The second-order valence-corrected chi connectivity index (χ2v) is 4.59. The molecule has 0 spiro atoms. The van der Waals surface area contributed by atoms with E-state index < -0.39 is 5.91 Å². The Labute approximate surface area is 119 Å². The number of hydrogen-bond donors (Lipinski definition) is 3. The van der Waals surface area contributed by atoms with Crippen LogP contribution < -0.4 is 16.8 Å². The van der Waals surface area contributed by atoms with E-state index in [4.69, 9.17) is 34.7 Å². The van der Waals surface area contributed by atoms with Gasteiger partial charge in [-0.2, -0.15) is 0 Å². The number of nitrogen functional groups attached to an aromatic ring is 1. The molecule has 0 aliphatic carbocycles. The number of benzene rings is 1. The smallest absolute Gasteiger partial charge is 0.251 e. The first-order chi connectivity index (χ1) is 8.97. The summed E-state index contributed by atoms with van der Waals surface area (Å²) in [7, 11) is 0.